The van der Waals surface area contributed by atoms with Gasteiger partial charge >= 0.3 is 0 Å². The summed E-state index contributed by atoms with van der Waals surface area (Å²) in [6, 6.07) is 13.7. The van der Waals surface area contributed by atoms with Gasteiger partial charge in [-0.15, -0.1) is 0 Å². The highest BCUT2D eigenvalue weighted by molar-refractivity contribution is 9.10. The Hall–Kier alpha value is -1.28. The zero-order chi connectivity index (χ0) is 10.8. The van der Waals surface area contributed by atoms with Crippen molar-refractivity contribution in [3.05, 3.63) is 52.5 Å². The topological polar surface area (TPSA) is 20.2 Å². The summed E-state index contributed by atoms with van der Waals surface area (Å²) >= 11 is 3.51. The third kappa shape index (κ3) is 2.05. The maximum Gasteiger partial charge on any atom is 0.118 e. The van der Waals surface area contributed by atoms with Gasteiger partial charge in [0.1, 0.15) is 5.75 Å². The Bertz CT molecular complexity index is 492. The quantitative estimate of drug-likeness (QED) is 0.820. The lowest BCUT2D eigenvalue weighted by molar-refractivity contribution is 0.471. The number of phenols is 1. The van der Waals surface area contributed by atoms with Gasteiger partial charge in [0.15, 0.2) is 0 Å². The molecule has 1 nitrogen and oxygen atoms in total. The van der Waals surface area contributed by atoms with Gasteiger partial charge in [0, 0.05) is 4.47 Å². The minimum absolute atomic E-state index is 0.339. The molecule has 0 atom stereocenters. The van der Waals surface area contributed by atoms with Gasteiger partial charge in [-0.25, -0.2) is 0 Å². The van der Waals surface area contributed by atoms with Crippen LogP contribution < -0.4 is 0 Å². The molecule has 15 heavy (non-hydrogen) atoms. The molecule has 0 radical (unpaired) electrons. The van der Waals surface area contributed by atoms with Crippen molar-refractivity contribution in [1.82, 2.24) is 0 Å². The van der Waals surface area contributed by atoms with E-state index in [1.165, 1.54) is 0 Å². The van der Waals surface area contributed by atoms with Gasteiger partial charge in [-0.1, -0.05) is 40.2 Å². The standard InChI is InChI=1S/C13H11BrO/c1-9-8-10(6-7-13(9)15)11-4-2-3-5-12(11)14/h2-8,15H,1H3. The number of aryl methyl sites for hydroxylation is 1. The van der Waals surface area contributed by atoms with Crippen molar-refractivity contribution < 1.29 is 5.11 Å². The number of aromatic hydroxyl groups is 1. The molecule has 0 amide bonds. The van der Waals surface area contributed by atoms with E-state index in [2.05, 4.69) is 22.0 Å². The van der Waals surface area contributed by atoms with Crippen LogP contribution >= 0.6 is 15.9 Å². The highest BCUT2D eigenvalue weighted by Crippen LogP contribution is 2.30. The van der Waals surface area contributed by atoms with E-state index >= 15 is 0 Å². The highest BCUT2D eigenvalue weighted by atomic mass is 79.9. The lowest BCUT2D eigenvalue weighted by atomic mass is 10.0. The predicted molar refractivity (Wildman–Crippen MR) is 66.0 cm³/mol. The van der Waals surface area contributed by atoms with E-state index in [0.717, 1.165) is 21.2 Å². The molecule has 0 saturated heterocycles. The molecule has 0 aliphatic heterocycles. The van der Waals surface area contributed by atoms with E-state index in [1.54, 1.807) is 6.07 Å². The van der Waals surface area contributed by atoms with Crippen molar-refractivity contribution in [3.8, 4) is 16.9 Å². The highest BCUT2D eigenvalue weighted by Gasteiger charge is 2.03. The van der Waals surface area contributed by atoms with Gasteiger partial charge in [-0.05, 0) is 41.8 Å². The fraction of sp³-hybridized carbons (Fsp3) is 0.0769. The largest absolute Gasteiger partial charge is 0.508 e. The van der Waals surface area contributed by atoms with E-state index in [0.29, 0.717) is 5.75 Å². The minimum atomic E-state index is 0.339. The van der Waals surface area contributed by atoms with Crippen molar-refractivity contribution in [1.29, 1.82) is 0 Å². The molecule has 76 valence electrons. The fourth-order valence-electron chi connectivity index (χ4n) is 1.52. The van der Waals surface area contributed by atoms with Crippen LogP contribution in [-0.4, -0.2) is 5.11 Å². The first kappa shape index (κ1) is 10.2. The van der Waals surface area contributed by atoms with Crippen LogP contribution in [0, 0.1) is 6.92 Å². The smallest absolute Gasteiger partial charge is 0.118 e. The zero-order valence-corrected chi connectivity index (χ0v) is 9.95. The van der Waals surface area contributed by atoms with Gasteiger partial charge in [-0.3, -0.25) is 0 Å². The van der Waals surface area contributed by atoms with Crippen molar-refractivity contribution in [2.75, 3.05) is 0 Å². The van der Waals surface area contributed by atoms with Crippen molar-refractivity contribution in [2.45, 2.75) is 6.92 Å². The van der Waals surface area contributed by atoms with Crippen LogP contribution in [0.4, 0.5) is 0 Å². The maximum atomic E-state index is 9.45. The molecular weight excluding hydrogens is 252 g/mol. The van der Waals surface area contributed by atoms with E-state index in [-0.39, 0.29) is 0 Å². The third-order valence-electron chi connectivity index (χ3n) is 2.38. The monoisotopic (exact) mass is 262 g/mol. The maximum absolute atomic E-state index is 9.45. The van der Waals surface area contributed by atoms with Crippen molar-refractivity contribution in [2.24, 2.45) is 0 Å². The van der Waals surface area contributed by atoms with Gasteiger partial charge in [0.2, 0.25) is 0 Å². The van der Waals surface area contributed by atoms with Gasteiger partial charge in [-0.2, -0.15) is 0 Å². The molecule has 1 N–H and O–H groups in total. The first-order chi connectivity index (χ1) is 7.18. The predicted octanol–water partition coefficient (Wildman–Crippen LogP) is 4.13. The van der Waals surface area contributed by atoms with E-state index < -0.39 is 0 Å². The molecule has 0 spiro atoms. The SMILES string of the molecule is Cc1cc(-c2ccccc2Br)ccc1O. The Labute approximate surface area is 97.5 Å². The summed E-state index contributed by atoms with van der Waals surface area (Å²) < 4.78 is 1.06. The van der Waals surface area contributed by atoms with E-state index in [1.807, 2.05) is 37.3 Å². The van der Waals surface area contributed by atoms with Gasteiger partial charge in [0.25, 0.3) is 0 Å². The molecule has 0 bridgehead atoms. The Balaban J connectivity index is 2.55. The Kier molecular flexibility index (Phi) is 2.78. The van der Waals surface area contributed by atoms with E-state index in [9.17, 15) is 5.11 Å². The molecule has 2 heteroatoms. The fourth-order valence-corrected chi connectivity index (χ4v) is 2.03. The first-order valence-corrected chi connectivity index (χ1v) is 5.52. The van der Waals surface area contributed by atoms with Crippen LogP contribution in [0.15, 0.2) is 46.9 Å². The number of halogens is 1. The molecule has 0 heterocycles. The minimum Gasteiger partial charge on any atom is -0.508 e. The van der Waals surface area contributed by atoms with Crippen LogP contribution in [0.2, 0.25) is 0 Å². The summed E-state index contributed by atoms with van der Waals surface area (Å²) in [5.41, 5.74) is 3.14. The number of hydrogen-bond acceptors (Lipinski definition) is 1. The molecule has 0 saturated carbocycles. The molecule has 0 aliphatic rings. The van der Waals surface area contributed by atoms with Crippen LogP contribution in [0.1, 0.15) is 5.56 Å². The van der Waals surface area contributed by atoms with Crippen molar-refractivity contribution >= 4 is 15.9 Å². The Morgan fingerprint density at radius 3 is 2.47 bits per heavy atom. The second kappa shape index (κ2) is 4.07. The second-order valence-electron chi connectivity index (χ2n) is 3.48. The summed E-state index contributed by atoms with van der Waals surface area (Å²) in [7, 11) is 0. The molecule has 0 aromatic heterocycles. The van der Waals surface area contributed by atoms with Gasteiger partial charge < -0.3 is 5.11 Å². The summed E-state index contributed by atoms with van der Waals surface area (Å²) in [5, 5.41) is 9.45. The number of phenolic OH excluding ortho intramolecular Hbond substituents is 1. The third-order valence-corrected chi connectivity index (χ3v) is 3.07. The number of benzene rings is 2. The lowest BCUT2D eigenvalue weighted by Crippen LogP contribution is -1.81. The Morgan fingerprint density at radius 1 is 1.07 bits per heavy atom. The number of rotatable bonds is 1. The number of hydrogen-bond donors (Lipinski definition) is 1. The van der Waals surface area contributed by atoms with Crippen molar-refractivity contribution in [3.63, 3.8) is 0 Å². The average molecular weight is 263 g/mol. The van der Waals surface area contributed by atoms with Crippen LogP contribution in [0.3, 0.4) is 0 Å². The molecule has 2 rings (SSSR count). The average Bonchev–Trinajstić information content (AvgIpc) is 2.23. The molecule has 2 aromatic carbocycles. The van der Waals surface area contributed by atoms with Crippen LogP contribution in [0.25, 0.3) is 11.1 Å². The molecule has 2 aromatic rings. The molecule has 0 aliphatic carbocycles. The molecular formula is C13H11BrO. The molecule has 0 fully saturated rings. The lowest BCUT2D eigenvalue weighted by Gasteiger charge is -2.06. The molecule has 0 unspecified atom stereocenters. The van der Waals surface area contributed by atoms with Crippen LogP contribution in [-0.2, 0) is 0 Å². The van der Waals surface area contributed by atoms with E-state index in [4.69, 9.17) is 0 Å². The summed E-state index contributed by atoms with van der Waals surface area (Å²) in [5.74, 6) is 0.339. The summed E-state index contributed by atoms with van der Waals surface area (Å²) in [6.45, 7) is 1.90. The van der Waals surface area contributed by atoms with Crippen LogP contribution in [0.5, 0.6) is 5.75 Å². The second-order valence-corrected chi connectivity index (χ2v) is 4.34. The normalized spacial score (nSPS) is 10.3. The first-order valence-electron chi connectivity index (χ1n) is 4.73. The van der Waals surface area contributed by atoms with Gasteiger partial charge in [0.05, 0.1) is 0 Å². The Morgan fingerprint density at radius 2 is 1.80 bits per heavy atom. The summed E-state index contributed by atoms with van der Waals surface area (Å²) in [4.78, 5) is 0. The summed E-state index contributed by atoms with van der Waals surface area (Å²) in [6.07, 6.45) is 0. The zero-order valence-electron chi connectivity index (χ0n) is 8.37.